The van der Waals surface area contributed by atoms with E-state index in [9.17, 15) is 19.8 Å². The van der Waals surface area contributed by atoms with Gasteiger partial charge in [0.1, 0.15) is 48.6 Å². The maximum Gasteiger partial charge on any atom is 0.332 e. The van der Waals surface area contributed by atoms with Crippen molar-refractivity contribution in [3.63, 3.8) is 0 Å². The minimum absolute atomic E-state index is 0.0181. The van der Waals surface area contributed by atoms with Crippen molar-refractivity contribution in [3.05, 3.63) is 47.1 Å². The number of carbonyl (C=O) groups excluding carboxylic acids is 2. The zero-order valence-corrected chi connectivity index (χ0v) is 42.2. The van der Waals surface area contributed by atoms with Gasteiger partial charge in [-0.1, -0.05) is 64.5 Å². The fraction of sp³-hybridized carbons (Fsp3) is 0.808. The highest BCUT2D eigenvalue weighted by molar-refractivity contribution is 5.78. The van der Waals surface area contributed by atoms with Gasteiger partial charge >= 0.3 is 11.9 Å². The summed E-state index contributed by atoms with van der Waals surface area (Å²) < 4.78 is 75.7. The van der Waals surface area contributed by atoms with Gasteiger partial charge in [-0.3, -0.25) is 4.79 Å². The molecule has 0 saturated carbocycles. The second-order valence-corrected chi connectivity index (χ2v) is 20.4. The molecule has 0 amide bonds. The van der Waals surface area contributed by atoms with Crippen LogP contribution in [-0.4, -0.2) is 153 Å². The molecule has 0 aromatic rings. The summed E-state index contributed by atoms with van der Waals surface area (Å²) in [7, 11) is 3.25. The summed E-state index contributed by atoms with van der Waals surface area (Å²) in [6.45, 7) is 18.1. The van der Waals surface area contributed by atoms with Crippen LogP contribution in [0.3, 0.4) is 0 Å². The predicted octanol–water partition coefficient (Wildman–Crippen LogP) is 6.19. The maximum absolute atomic E-state index is 14.4. The van der Waals surface area contributed by atoms with E-state index in [0.29, 0.717) is 61.5 Å². The topological polar surface area (TPSA) is 185 Å². The van der Waals surface area contributed by atoms with Crippen LogP contribution < -0.4 is 0 Å². The highest BCUT2D eigenvalue weighted by atomic mass is 16.7. The highest BCUT2D eigenvalue weighted by Gasteiger charge is 2.60. The third-order valence-electron chi connectivity index (χ3n) is 15.6. The number of rotatable bonds is 12. The van der Waals surface area contributed by atoms with Gasteiger partial charge < -0.3 is 67.1 Å². The summed E-state index contributed by atoms with van der Waals surface area (Å²) >= 11 is 0. The monoisotopic (exact) mass is 961 g/mol. The summed E-state index contributed by atoms with van der Waals surface area (Å²) in [5, 5.41) is 23.8. The molecule has 1 spiro atoms. The highest BCUT2D eigenvalue weighted by Crippen LogP contribution is 2.48. The number of aliphatic hydroxyl groups excluding tert-OH is 1. The van der Waals surface area contributed by atoms with E-state index in [4.69, 9.17) is 56.8 Å². The van der Waals surface area contributed by atoms with E-state index in [2.05, 4.69) is 40.7 Å². The summed E-state index contributed by atoms with van der Waals surface area (Å²) in [5.74, 6) is -2.62. The van der Waals surface area contributed by atoms with E-state index < -0.39 is 103 Å². The molecule has 6 heterocycles. The molecule has 6 aliphatic heterocycles. The smallest absolute Gasteiger partial charge is 0.332 e. The third-order valence-corrected chi connectivity index (χ3v) is 15.6. The lowest BCUT2D eigenvalue weighted by Gasteiger charge is -2.51. The van der Waals surface area contributed by atoms with E-state index in [0.717, 1.165) is 18.4 Å². The first-order valence-electron chi connectivity index (χ1n) is 25.2. The number of esters is 2. The number of allylic oxidation sites excluding steroid dienone is 2. The average molecular weight is 961 g/mol. The quantitative estimate of drug-likeness (QED) is 0.167. The van der Waals surface area contributed by atoms with Crippen molar-refractivity contribution in [2.45, 2.75) is 211 Å². The van der Waals surface area contributed by atoms with Gasteiger partial charge in [0.05, 0.1) is 55.9 Å². The van der Waals surface area contributed by atoms with Crippen molar-refractivity contribution in [1.82, 2.24) is 0 Å². The molecule has 68 heavy (non-hydrogen) atoms. The predicted molar refractivity (Wildman–Crippen MR) is 248 cm³/mol. The lowest BCUT2D eigenvalue weighted by atomic mass is 9.71. The maximum atomic E-state index is 14.4. The second-order valence-electron chi connectivity index (χ2n) is 20.4. The summed E-state index contributed by atoms with van der Waals surface area (Å²) in [6, 6.07) is 0. The number of methoxy groups -OCH3 is 2. The number of carbonyl (C=O) groups is 2. The zero-order chi connectivity index (χ0) is 49.1. The van der Waals surface area contributed by atoms with Crippen LogP contribution in [0, 0.1) is 23.7 Å². The Morgan fingerprint density at radius 3 is 2.31 bits per heavy atom. The molecule has 0 aromatic carbocycles. The first-order valence-corrected chi connectivity index (χ1v) is 25.2. The summed E-state index contributed by atoms with van der Waals surface area (Å²) in [6.07, 6.45) is 6.45. The fourth-order valence-corrected chi connectivity index (χ4v) is 11.6. The molecule has 16 heteroatoms. The molecule has 384 valence electrons. The van der Waals surface area contributed by atoms with Crippen LogP contribution in [0.2, 0.25) is 0 Å². The number of hydrogen-bond donors (Lipinski definition) is 2. The molecule has 0 aromatic heterocycles. The molecular weight excluding hydrogens is 881 g/mol. The van der Waals surface area contributed by atoms with Gasteiger partial charge in [0.2, 0.25) is 0 Å². The minimum atomic E-state index is -1.84. The Bertz CT molecular complexity index is 1850. The Kier molecular flexibility index (Phi) is 17.9. The molecule has 16 nitrogen and oxygen atoms in total. The van der Waals surface area contributed by atoms with Crippen LogP contribution in [-0.2, 0) is 66.4 Å². The molecular formula is C52H80O16. The Labute approximate surface area is 403 Å². The Balaban J connectivity index is 1.13. The largest absolute Gasteiger partial charge is 0.464 e. The molecule has 20 atom stereocenters. The van der Waals surface area contributed by atoms with Crippen LogP contribution in [0.1, 0.15) is 114 Å². The summed E-state index contributed by atoms with van der Waals surface area (Å²) in [4.78, 5) is 26.5. The van der Waals surface area contributed by atoms with Crippen molar-refractivity contribution in [3.8, 4) is 0 Å². The van der Waals surface area contributed by atoms with Crippen molar-refractivity contribution < 1.29 is 76.6 Å². The summed E-state index contributed by atoms with van der Waals surface area (Å²) in [5.41, 5.74) is 0.145. The van der Waals surface area contributed by atoms with Crippen molar-refractivity contribution in [2.24, 2.45) is 23.7 Å². The molecule has 5 saturated heterocycles. The van der Waals surface area contributed by atoms with E-state index >= 15 is 0 Å². The second kappa shape index (κ2) is 22.9. The van der Waals surface area contributed by atoms with E-state index in [1.807, 2.05) is 26.0 Å². The lowest BCUT2D eigenvalue weighted by molar-refractivity contribution is -0.340. The standard InChI is InChI=1S/C52H80O16/c1-12-28(3)46-31(6)19-20-51(68-46)25-37-22-36(67-51)18-17-30(5)45(29(4)15-14-16-35-26-61-49-44(54)32(7)21-38(50(55)64-37)52(35,49)56)65-42-24-40(58-11)48(34(9)63-42)66-43-23-39(57-10)47(33(8)62-43)60-27-41(53)59-13-2/h14-17,21,28-29,31,33-34,36-40,42-49,54,56H,12-13,18-20,22-27H2,1-11H3/b15-14+,30-17+,35-16+/t28?,29-,31-,33-,34-,36+,37-,38?,39-,40-,42-,43-,44+,45?,46+,47-,48?,49+,51+,52?/m0/s1. The molecule has 0 radical (unpaired) electrons. The van der Waals surface area contributed by atoms with Gasteiger partial charge in [-0.2, -0.15) is 0 Å². The van der Waals surface area contributed by atoms with Gasteiger partial charge in [0, 0.05) is 52.2 Å². The molecule has 2 bridgehead atoms. The lowest BCUT2D eigenvalue weighted by Crippen LogP contribution is -2.58. The number of hydrogen-bond acceptors (Lipinski definition) is 16. The van der Waals surface area contributed by atoms with Crippen molar-refractivity contribution in [1.29, 1.82) is 0 Å². The molecule has 2 N–H and O–H groups in total. The number of ether oxygens (including phenoxy) is 12. The first-order chi connectivity index (χ1) is 32.4. The van der Waals surface area contributed by atoms with Gasteiger partial charge in [-0.25, -0.2) is 4.79 Å². The molecule has 7 aliphatic rings. The van der Waals surface area contributed by atoms with Crippen LogP contribution in [0.15, 0.2) is 47.1 Å². The van der Waals surface area contributed by atoms with Gasteiger partial charge in [0.25, 0.3) is 0 Å². The fourth-order valence-electron chi connectivity index (χ4n) is 11.6. The molecule has 1 aliphatic carbocycles. The van der Waals surface area contributed by atoms with Crippen molar-refractivity contribution >= 4 is 11.9 Å². The van der Waals surface area contributed by atoms with E-state index in [1.165, 1.54) is 0 Å². The van der Waals surface area contributed by atoms with Crippen LogP contribution in [0.4, 0.5) is 0 Å². The molecule has 5 unspecified atom stereocenters. The van der Waals surface area contributed by atoms with Crippen LogP contribution in [0.25, 0.3) is 0 Å². The molecule has 5 fully saturated rings. The van der Waals surface area contributed by atoms with Crippen molar-refractivity contribution in [2.75, 3.05) is 34.0 Å². The SMILES string of the molecule is CCOC(=O)CO[C@H]1[C@H](C)O[C@@H](OC2[C@H](C)O[C@@H](OC3/C(C)=C/C[C@@H]4C[C@@H](C[C@]5(CC[C@H](C)[C@@H](C(C)CC)O5)O4)OC(=O)C4C=C(C)[C@@H](O)[C@H]5OC/C(=C\C=C\[C@@H]3C)C45O)C[C@@H]2OC)C[C@@H]1OC. The van der Waals surface area contributed by atoms with Gasteiger partial charge in [0.15, 0.2) is 18.4 Å². The third kappa shape index (κ3) is 11.5. The van der Waals surface area contributed by atoms with Crippen LogP contribution in [0.5, 0.6) is 0 Å². The average Bonchev–Trinajstić information content (AvgIpc) is 3.65. The normalized spacial score (nSPS) is 46.0. The number of aliphatic hydroxyl groups is 2. The molecule has 7 rings (SSSR count). The minimum Gasteiger partial charge on any atom is -0.464 e. The zero-order valence-electron chi connectivity index (χ0n) is 42.2. The first kappa shape index (κ1) is 53.2. The van der Waals surface area contributed by atoms with Crippen LogP contribution >= 0.6 is 0 Å². The number of fused-ring (bicyclic) bond motifs is 2. The Morgan fingerprint density at radius 2 is 1.62 bits per heavy atom. The Morgan fingerprint density at radius 1 is 0.926 bits per heavy atom. The Hall–Kier alpha value is -2.58. The van der Waals surface area contributed by atoms with Gasteiger partial charge in [-0.15, -0.1) is 0 Å². The van der Waals surface area contributed by atoms with E-state index in [-0.39, 0.29) is 37.9 Å². The van der Waals surface area contributed by atoms with Gasteiger partial charge in [-0.05, 0) is 76.0 Å². The van der Waals surface area contributed by atoms with E-state index in [1.54, 1.807) is 40.2 Å².